The topological polar surface area (TPSA) is 29.8 Å². The molecule has 142 valence electrons. The third kappa shape index (κ3) is 4.10. The van der Waals surface area contributed by atoms with Crippen molar-refractivity contribution in [2.75, 3.05) is 26.2 Å². The molecule has 2 aromatic heterocycles. The van der Waals surface area contributed by atoms with Gasteiger partial charge in [-0.2, -0.15) is 0 Å². The first-order chi connectivity index (χ1) is 12.8. The smallest absolute Gasteiger partial charge is 0.195 e. The summed E-state index contributed by atoms with van der Waals surface area (Å²) in [6, 6.07) is 16.6. The minimum absolute atomic E-state index is 0. The molecule has 0 radical (unpaired) electrons. The van der Waals surface area contributed by atoms with E-state index in [1.165, 1.54) is 10.2 Å². The highest BCUT2D eigenvalue weighted by Crippen LogP contribution is 2.30. The maximum Gasteiger partial charge on any atom is 0.195 e. The van der Waals surface area contributed by atoms with Gasteiger partial charge in [-0.3, -0.25) is 4.40 Å². The third-order valence-corrected chi connectivity index (χ3v) is 5.74. The Balaban J connectivity index is 0.00000210. The van der Waals surface area contributed by atoms with Gasteiger partial charge in [0.1, 0.15) is 12.4 Å². The van der Waals surface area contributed by atoms with Gasteiger partial charge in [-0.25, -0.2) is 4.98 Å². The summed E-state index contributed by atoms with van der Waals surface area (Å²) < 4.78 is 9.38. The molecule has 0 aliphatic carbocycles. The van der Waals surface area contributed by atoms with Gasteiger partial charge in [-0.05, 0) is 37.4 Å². The largest absolute Gasteiger partial charge is 0.492 e. The van der Waals surface area contributed by atoms with Crippen molar-refractivity contribution in [3.05, 3.63) is 54.7 Å². The van der Waals surface area contributed by atoms with E-state index in [0.717, 1.165) is 41.6 Å². The van der Waals surface area contributed by atoms with E-state index in [-0.39, 0.29) is 12.4 Å². The van der Waals surface area contributed by atoms with Gasteiger partial charge in [-0.1, -0.05) is 49.4 Å². The molecular formula is C21H24ClN3OS. The summed E-state index contributed by atoms with van der Waals surface area (Å²) in [4.78, 5) is 8.20. The molecule has 4 rings (SSSR count). The molecule has 0 saturated heterocycles. The molecule has 0 unspecified atom stereocenters. The summed E-state index contributed by atoms with van der Waals surface area (Å²) in [5.41, 5.74) is 3.28. The van der Waals surface area contributed by atoms with E-state index in [1.807, 2.05) is 12.1 Å². The molecule has 27 heavy (non-hydrogen) atoms. The first-order valence-corrected chi connectivity index (χ1v) is 9.92. The number of aromatic nitrogens is 2. The molecular weight excluding hydrogens is 378 g/mol. The van der Waals surface area contributed by atoms with Crippen molar-refractivity contribution in [3.63, 3.8) is 0 Å². The van der Waals surface area contributed by atoms with Crippen molar-refractivity contribution in [1.29, 1.82) is 0 Å². The number of rotatable bonds is 7. The Morgan fingerprint density at radius 3 is 2.70 bits per heavy atom. The zero-order chi connectivity index (χ0) is 17.9. The lowest BCUT2D eigenvalue weighted by molar-refractivity contribution is 0.223. The molecule has 2 heterocycles. The average Bonchev–Trinajstić information content (AvgIpc) is 3.23. The Bertz CT molecular complexity index is 1020. The van der Waals surface area contributed by atoms with E-state index < -0.39 is 0 Å². The molecule has 4 nitrogen and oxygen atoms in total. The summed E-state index contributed by atoms with van der Waals surface area (Å²) in [5, 5.41) is 0. The molecule has 0 bridgehead atoms. The molecule has 0 spiro atoms. The van der Waals surface area contributed by atoms with E-state index >= 15 is 0 Å². The molecule has 0 aliphatic heterocycles. The van der Waals surface area contributed by atoms with Crippen molar-refractivity contribution < 1.29 is 4.74 Å². The Morgan fingerprint density at radius 1 is 1.07 bits per heavy atom. The number of halogens is 1. The van der Waals surface area contributed by atoms with Crippen molar-refractivity contribution in [2.24, 2.45) is 0 Å². The standard InChI is InChI=1S/C21H23N3OS.ClH/c1-3-23(4-2)12-13-25-17-9-7-8-16(14-17)18-15-24-19-10-5-6-11-20(19)26-21(24)22-18;/h5-11,14-15H,3-4,12-13H2,1-2H3;1H. The monoisotopic (exact) mass is 401 g/mol. The molecule has 6 heteroatoms. The van der Waals surface area contributed by atoms with Gasteiger partial charge < -0.3 is 9.64 Å². The number of imidazole rings is 1. The zero-order valence-corrected chi connectivity index (χ0v) is 17.2. The lowest BCUT2D eigenvalue weighted by Crippen LogP contribution is -2.27. The Morgan fingerprint density at radius 2 is 1.89 bits per heavy atom. The summed E-state index contributed by atoms with van der Waals surface area (Å²) in [5.74, 6) is 0.899. The lowest BCUT2D eigenvalue weighted by Gasteiger charge is -2.18. The van der Waals surface area contributed by atoms with Crippen LogP contribution in [0.2, 0.25) is 0 Å². The van der Waals surface area contributed by atoms with E-state index in [4.69, 9.17) is 9.72 Å². The number of thiazole rings is 1. The van der Waals surface area contributed by atoms with Crippen LogP contribution in [0.1, 0.15) is 13.8 Å². The van der Waals surface area contributed by atoms with Crippen LogP contribution in [0.5, 0.6) is 5.75 Å². The number of ether oxygens (including phenoxy) is 1. The third-order valence-electron chi connectivity index (χ3n) is 4.70. The number of likely N-dealkylation sites (N-methyl/N-ethyl adjacent to an activating group) is 1. The number of fused-ring (bicyclic) bond motifs is 3. The van der Waals surface area contributed by atoms with Crippen molar-refractivity contribution in [2.45, 2.75) is 13.8 Å². The Labute approximate surface area is 169 Å². The summed E-state index contributed by atoms with van der Waals surface area (Å²) >= 11 is 1.72. The van der Waals surface area contributed by atoms with E-state index in [2.05, 4.69) is 65.7 Å². The van der Waals surface area contributed by atoms with Crippen LogP contribution in [-0.2, 0) is 0 Å². The highest BCUT2D eigenvalue weighted by Gasteiger charge is 2.10. The normalized spacial score (nSPS) is 11.2. The second-order valence-electron chi connectivity index (χ2n) is 6.25. The molecule has 4 aromatic rings. The first kappa shape index (κ1) is 19.7. The maximum absolute atomic E-state index is 5.95. The molecule has 0 fully saturated rings. The maximum atomic E-state index is 5.95. The quantitative estimate of drug-likeness (QED) is 0.417. The van der Waals surface area contributed by atoms with Gasteiger partial charge in [0.25, 0.3) is 0 Å². The minimum Gasteiger partial charge on any atom is -0.492 e. The van der Waals surface area contributed by atoms with Crippen molar-refractivity contribution in [3.8, 4) is 17.0 Å². The minimum atomic E-state index is 0. The van der Waals surface area contributed by atoms with Gasteiger partial charge in [0, 0.05) is 18.3 Å². The van der Waals surface area contributed by atoms with Crippen LogP contribution >= 0.6 is 23.7 Å². The number of hydrogen-bond acceptors (Lipinski definition) is 4. The van der Waals surface area contributed by atoms with E-state index in [1.54, 1.807) is 11.3 Å². The Kier molecular flexibility index (Phi) is 6.37. The fourth-order valence-electron chi connectivity index (χ4n) is 3.17. The average molecular weight is 402 g/mol. The van der Waals surface area contributed by atoms with Crippen LogP contribution < -0.4 is 4.74 Å². The number of hydrogen-bond donors (Lipinski definition) is 0. The van der Waals surface area contributed by atoms with Crippen LogP contribution in [0.15, 0.2) is 54.7 Å². The van der Waals surface area contributed by atoms with Crippen LogP contribution in [0, 0.1) is 0 Å². The van der Waals surface area contributed by atoms with Gasteiger partial charge in [0.2, 0.25) is 0 Å². The molecule has 0 atom stereocenters. The SMILES string of the molecule is CCN(CC)CCOc1cccc(-c2cn3c(n2)sc2ccccc23)c1.Cl. The highest BCUT2D eigenvalue weighted by molar-refractivity contribution is 7.23. The van der Waals surface area contributed by atoms with Crippen LogP contribution in [0.4, 0.5) is 0 Å². The van der Waals surface area contributed by atoms with E-state index in [0.29, 0.717) is 6.61 Å². The molecule has 0 saturated carbocycles. The second-order valence-corrected chi connectivity index (χ2v) is 7.26. The van der Waals surface area contributed by atoms with E-state index in [9.17, 15) is 0 Å². The fourth-order valence-corrected chi connectivity index (χ4v) is 4.17. The summed E-state index contributed by atoms with van der Waals surface area (Å²) in [7, 11) is 0. The Hall–Kier alpha value is -2.08. The molecule has 2 aromatic carbocycles. The van der Waals surface area contributed by atoms with Crippen LogP contribution in [-0.4, -0.2) is 40.5 Å². The predicted octanol–water partition coefficient (Wildman–Crippen LogP) is 5.36. The summed E-state index contributed by atoms with van der Waals surface area (Å²) in [6.45, 7) is 8.12. The number of nitrogens with zero attached hydrogens (tertiary/aromatic N) is 3. The summed E-state index contributed by atoms with van der Waals surface area (Å²) in [6.07, 6.45) is 2.11. The van der Waals surface area contributed by atoms with Gasteiger partial charge in [0.15, 0.2) is 4.96 Å². The van der Waals surface area contributed by atoms with Crippen molar-refractivity contribution >= 4 is 38.9 Å². The second kappa shape index (κ2) is 8.74. The fraction of sp³-hybridized carbons (Fsp3) is 0.286. The molecule has 0 N–H and O–H groups in total. The highest BCUT2D eigenvalue weighted by atomic mass is 35.5. The lowest BCUT2D eigenvalue weighted by atomic mass is 10.1. The molecule has 0 aliphatic rings. The predicted molar refractivity (Wildman–Crippen MR) is 117 cm³/mol. The zero-order valence-electron chi connectivity index (χ0n) is 15.6. The van der Waals surface area contributed by atoms with Gasteiger partial charge in [-0.15, -0.1) is 12.4 Å². The molecule has 0 amide bonds. The van der Waals surface area contributed by atoms with Gasteiger partial charge >= 0.3 is 0 Å². The number of benzene rings is 2. The number of para-hydroxylation sites is 1. The van der Waals surface area contributed by atoms with Crippen LogP contribution in [0.3, 0.4) is 0 Å². The van der Waals surface area contributed by atoms with Crippen LogP contribution in [0.25, 0.3) is 26.4 Å². The first-order valence-electron chi connectivity index (χ1n) is 9.10. The van der Waals surface area contributed by atoms with Gasteiger partial charge in [0.05, 0.1) is 15.9 Å². The van der Waals surface area contributed by atoms with Crippen molar-refractivity contribution in [1.82, 2.24) is 14.3 Å².